The van der Waals surface area contributed by atoms with Gasteiger partial charge in [-0.05, 0) is 42.5 Å². The molecule has 162 valence electrons. The van der Waals surface area contributed by atoms with Gasteiger partial charge in [0.1, 0.15) is 17.3 Å². The van der Waals surface area contributed by atoms with Crippen LogP contribution in [0.1, 0.15) is 24.0 Å². The summed E-state index contributed by atoms with van der Waals surface area (Å²) >= 11 is 0. The number of imide groups is 1. The van der Waals surface area contributed by atoms with E-state index in [-0.39, 0.29) is 30.8 Å². The van der Waals surface area contributed by atoms with Gasteiger partial charge in [-0.25, -0.2) is 4.39 Å². The van der Waals surface area contributed by atoms with Crippen molar-refractivity contribution in [3.8, 4) is 5.75 Å². The van der Waals surface area contributed by atoms with Crippen molar-refractivity contribution in [1.82, 2.24) is 9.80 Å². The number of carbonyl (C=O) groups is 2. The molecule has 0 spiro atoms. The molecule has 4 rings (SSSR count). The van der Waals surface area contributed by atoms with E-state index in [9.17, 15) is 19.1 Å². The third-order valence-corrected chi connectivity index (χ3v) is 5.87. The van der Waals surface area contributed by atoms with Crippen molar-refractivity contribution in [2.45, 2.75) is 19.4 Å². The molecular formula is C24H25FN2O4. The molecule has 1 unspecified atom stereocenters. The molecule has 1 fully saturated rings. The van der Waals surface area contributed by atoms with Gasteiger partial charge in [-0.15, -0.1) is 0 Å². The zero-order valence-electron chi connectivity index (χ0n) is 17.4. The Hall–Kier alpha value is -3.19. The molecule has 1 N–H and O–H groups in total. The van der Waals surface area contributed by atoms with Gasteiger partial charge in [0, 0.05) is 25.3 Å². The van der Waals surface area contributed by atoms with Gasteiger partial charge in [-0.2, -0.15) is 0 Å². The zero-order chi connectivity index (χ0) is 22.0. The lowest BCUT2D eigenvalue weighted by atomic mass is 9.96. The largest absolute Gasteiger partial charge is 0.496 e. The van der Waals surface area contributed by atoms with Crippen LogP contribution in [0.4, 0.5) is 4.39 Å². The highest BCUT2D eigenvalue weighted by Gasteiger charge is 2.43. The third-order valence-electron chi connectivity index (χ3n) is 5.87. The second-order valence-corrected chi connectivity index (χ2v) is 7.88. The van der Waals surface area contributed by atoms with Crippen LogP contribution in [0.25, 0.3) is 5.57 Å². The molecule has 2 aromatic carbocycles. The summed E-state index contributed by atoms with van der Waals surface area (Å²) in [7, 11) is 1.53. The average Bonchev–Trinajstić information content (AvgIpc) is 3.05. The van der Waals surface area contributed by atoms with Gasteiger partial charge in [0.25, 0.3) is 11.8 Å². The van der Waals surface area contributed by atoms with E-state index in [0.717, 1.165) is 12.8 Å². The lowest BCUT2D eigenvalue weighted by molar-refractivity contribution is -0.138. The zero-order valence-corrected chi connectivity index (χ0v) is 17.4. The fourth-order valence-electron chi connectivity index (χ4n) is 4.28. The Morgan fingerprint density at radius 3 is 2.55 bits per heavy atom. The van der Waals surface area contributed by atoms with Gasteiger partial charge < -0.3 is 14.7 Å². The molecule has 31 heavy (non-hydrogen) atoms. The smallest absolute Gasteiger partial charge is 0.278 e. The van der Waals surface area contributed by atoms with E-state index >= 15 is 0 Å². The molecule has 0 aromatic heterocycles. The van der Waals surface area contributed by atoms with Crippen LogP contribution in [0.3, 0.4) is 0 Å². The minimum absolute atomic E-state index is 0.0369. The second-order valence-electron chi connectivity index (χ2n) is 7.88. The first-order chi connectivity index (χ1) is 15.0. The Morgan fingerprint density at radius 1 is 1.10 bits per heavy atom. The molecule has 0 radical (unpaired) electrons. The van der Waals surface area contributed by atoms with Crippen LogP contribution in [-0.4, -0.2) is 53.5 Å². The first-order valence-electron chi connectivity index (χ1n) is 10.4. The van der Waals surface area contributed by atoms with Crippen LogP contribution in [0.15, 0.2) is 54.2 Å². The second kappa shape index (κ2) is 8.89. The number of para-hydroxylation sites is 1. The highest BCUT2D eigenvalue weighted by molar-refractivity contribution is 6.35. The van der Waals surface area contributed by atoms with E-state index in [1.54, 1.807) is 30.3 Å². The fraction of sp³-hybridized carbons (Fsp3) is 0.333. The minimum Gasteiger partial charge on any atom is -0.496 e. The predicted molar refractivity (Wildman–Crippen MR) is 113 cm³/mol. The summed E-state index contributed by atoms with van der Waals surface area (Å²) < 4.78 is 18.8. The minimum atomic E-state index is -0.403. The average molecular weight is 424 g/mol. The molecule has 2 heterocycles. The molecule has 7 heteroatoms. The van der Waals surface area contributed by atoms with E-state index < -0.39 is 5.91 Å². The molecule has 1 saturated heterocycles. The summed E-state index contributed by atoms with van der Waals surface area (Å²) in [5, 5.41) is 9.65. The van der Waals surface area contributed by atoms with Crippen LogP contribution in [0, 0.1) is 11.7 Å². The number of nitrogens with zero attached hydrogens (tertiary/aromatic N) is 2. The van der Waals surface area contributed by atoms with Crippen LogP contribution >= 0.6 is 0 Å². The van der Waals surface area contributed by atoms with Crippen molar-refractivity contribution in [2.24, 2.45) is 5.92 Å². The normalized spacial score (nSPS) is 19.4. The van der Waals surface area contributed by atoms with E-state index in [4.69, 9.17) is 4.74 Å². The SMILES string of the molecule is COc1ccccc1C1=C(N2CCCC(CO)C2)C(=O)N(Cc2ccc(F)cc2)C1=O. The fourth-order valence-corrected chi connectivity index (χ4v) is 4.28. The Labute approximate surface area is 180 Å². The van der Waals surface area contributed by atoms with Gasteiger partial charge in [0.15, 0.2) is 0 Å². The van der Waals surface area contributed by atoms with E-state index in [1.807, 2.05) is 11.0 Å². The molecular weight excluding hydrogens is 399 g/mol. The Bertz CT molecular complexity index is 1020. The molecule has 1 atom stereocenters. The summed E-state index contributed by atoms with van der Waals surface area (Å²) in [5.74, 6) is -0.599. The number of likely N-dealkylation sites (tertiary alicyclic amines) is 1. The maximum atomic E-state index is 13.5. The number of benzene rings is 2. The lowest BCUT2D eigenvalue weighted by Gasteiger charge is -2.34. The number of ether oxygens (including phenoxy) is 1. The summed E-state index contributed by atoms with van der Waals surface area (Å²) in [4.78, 5) is 30.1. The van der Waals surface area contributed by atoms with Crippen LogP contribution in [0.5, 0.6) is 5.75 Å². The maximum Gasteiger partial charge on any atom is 0.278 e. The van der Waals surface area contributed by atoms with Crippen molar-refractivity contribution in [3.05, 3.63) is 71.2 Å². The van der Waals surface area contributed by atoms with E-state index in [2.05, 4.69) is 0 Å². The number of rotatable bonds is 6. The Morgan fingerprint density at radius 2 is 1.84 bits per heavy atom. The molecule has 0 saturated carbocycles. The molecule has 6 nitrogen and oxygen atoms in total. The topological polar surface area (TPSA) is 70.1 Å². The first kappa shape index (κ1) is 21.1. The number of halogens is 1. The first-order valence-corrected chi connectivity index (χ1v) is 10.4. The number of hydrogen-bond donors (Lipinski definition) is 1. The van der Waals surface area contributed by atoms with Crippen LogP contribution < -0.4 is 4.74 Å². The molecule has 0 aliphatic carbocycles. The van der Waals surface area contributed by atoms with Crippen LogP contribution in [-0.2, 0) is 16.1 Å². The molecule has 2 amide bonds. The van der Waals surface area contributed by atoms with Crippen LogP contribution in [0.2, 0.25) is 0 Å². The van der Waals surface area contributed by atoms with Crippen molar-refractivity contribution < 1.29 is 23.8 Å². The number of amides is 2. The van der Waals surface area contributed by atoms with Crippen molar-refractivity contribution >= 4 is 17.4 Å². The van der Waals surface area contributed by atoms with Crippen molar-refractivity contribution in [1.29, 1.82) is 0 Å². The van der Waals surface area contributed by atoms with E-state index in [0.29, 0.717) is 41.2 Å². The molecule has 2 aromatic rings. The number of carbonyl (C=O) groups excluding carboxylic acids is 2. The standard InChI is InChI=1S/C24H25FN2O4/c1-31-20-7-3-2-6-19(20)21-22(26-12-4-5-17(13-26)15-28)24(30)27(23(21)29)14-16-8-10-18(25)11-9-16/h2-3,6-11,17,28H,4-5,12-15H2,1H3. The highest BCUT2D eigenvalue weighted by atomic mass is 19.1. The number of hydrogen-bond acceptors (Lipinski definition) is 5. The van der Waals surface area contributed by atoms with Gasteiger partial charge in [-0.1, -0.05) is 30.3 Å². The van der Waals surface area contributed by atoms with E-state index in [1.165, 1.54) is 24.1 Å². The predicted octanol–water partition coefficient (Wildman–Crippen LogP) is 2.82. The summed E-state index contributed by atoms with van der Waals surface area (Å²) in [6.07, 6.45) is 1.71. The molecule has 0 bridgehead atoms. The van der Waals surface area contributed by atoms with Gasteiger partial charge in [0.05, 0.1) is 19.2 Å². The summed E-state index contributed by atoms with van der Waals surface area (Å²) in [6.45, 7) is 1.23. The van der Waals surface area contributed by atoms with Crippen molar-refractivity contribution in [3.63, 3.8) is 0 Å². The van der Waals surface area contributed by atoms with Crippen molar-refractivity contribution in [2.75, 3.05) is 26.8 Å². The third kappa shape index (κ3) is 4.05. The number of aliphatic hydroxyl groups is 1. The van der Waals surface area contributed by atoms with Gasteiger partial charge in [0.2, 0.25) is 0 Å². The quantitative estimate of drug-likeness (QED) is 0.723. The molecule has 2 aliphatic rings. The van der Waals surface area contributed by atoms with Gasteiger partial charge in [-0.3, -0.25) is 14.5 Å². The Balaban J connectivity index is 1.76. The number of aliphatic hydroxyl groups excluding tert-OH is 1. The number of piperidine rings is 1. The highest BCUT2D eigenvalue weighted by Crippen LogP contribution is 2.38. The summed E-state index contributed by atoms with van der Waals surface area (Å²) in [5.41, 5.74) is 1.87. The summed E-state index contributed by atoms with van der Waals surface area (Å²) in [6, 6.07) is 12.9. The monoisotopic (exact) mass is 424 g/mol. The molecule has 2 aliphatic heterocycles. The Kier molecular flexibility index (Phi) is 6.04. The maximum absolute atomic E-state index is 13.5. The number of methoxy groups -OCH3 is 1. The lowest BCUT2D eigenvalue weighted by Crippen LogP contribution is -2.40. The van der Waals surface area contributed by atoms with Gasteiger partial charge >= 0.3 is 0 Å².